The average molecular weight is 583 g/mol. The van der Waals surface area contributed by atoms with Crippen molar-refractivity contribution in [2.75, 3.05) is 5.32 Å². The van der Waals surface area contributed by atoms with Crippen molar-refractivity contribution in [2.24, 2.45) is 5.73 Å². The molecule has 2 heterocycles. The minimum Gasteiger partial charge on any atom is -0.438 e. The third-order valence-corrected chi connectivity index (χ3v) is 8.26. The molecule has 0 aliphatic heterocycles. The summed E-state index contributed by atoms with van der Waals surface area (Å²) in [5.74, 6) is -0.629. The number of amidine groups is 1. The Morgan fingerprint density at radius 1 is 1.08 bits per heavy atom. The molecule has 13 heteroatoms. The molecule has 5 aromatic rings. The maximum absolute atomic E-state index is 13.5. The van der Waals surface area contributed by atoms with Crippen molar-refractivity contribution in [3.8, 4) is 0 Å². The molecule has 0 spiro atoms. The van der Waals surface area contributed by atoms with Gasteiger partial charge in [-0.3, -0.25) is 10.2 Å². The number of anilines is 1. The van der Waals surface area contributed by atoms with Gasteiger partial charge in [0.2, 0.25) is 15.8 Å². The van der Waals surface area contributed by atoms with Crippen LogP contribution in [0.2, 0.25) is 0 Å². The highest BCUT2D eigenvalue weighted by atomic mass is 35.5. The van der Waals surface area contributed by atoms with Gasteiger partial charge in [0.25, 0.3) is 5.91 Å². The standard InChI is InChI=1S/C26H22N6O4S2.ClH/c27-24(28)17-6-3-5-16(11-17)12-21(26-31-20-9-1-2-10-23(20)37-26)32-38(34,35)19-8-4-7-18(13-19)30-25(33)22-14-29-15-36-22;/h1-11,13-15,21,32H,12H2,(H3,27,28)(H,30,33);1H. The van der Waals surface area contributed by atoms with E-state index in [4.69, 9.17) is 15.6 Å². The largest absolute Gasteiger partial charge is 0.438 e. The van der Waals surface area contributed by atoms with Crippen LogP contribution in [0.25, 0.3) is 10.2 Å². The van der Waals surface area contributed by atoms with Crippen LogP contribution in [0.5, 0.6) is 0 Å². The van der Waals surface area contributed by atoms with E-state index in [0.717, 1.165) is 22.2 Å². The lowest BCUT2D eigenvalue weighted by molar-refractivity contribution is 0.0996. The van der Waals surface area contributed by atoms with Crippen molar-refractivity contribution in [1.29, 1.82) is 5.41 Å². The summed E-state index contributed by atoms with van der Waals surface area (Å²) in [6, 6.07) is 19.9. The monoisotopic (exact) mass is 582 g/mol. The summed E-state index contributed by atoms with van der Waals surface area (Å²) in [7, 11) is -4.04. The minimum atomic E-state index is -4.04. The zero-order valence-electron chi connectivity index (χ0n) is 20.2. The Hall–Kier alpha value is -4.10. The molecule has 0 aliphatic carbocycles. The Balaban J connectivity index is 0.00000353. The summed E-state index contributed by atoms with van der Waals surface area (Å²) in [4.78, 5) is 20.7. The number of aromatic nitrogens is 2. The van der Waals surface area contributed by atoms with Crippen LogP contribution in [0.15, 0.2) is 94.7 Å². The van der Waals surface area contributed by atoms with E-state index in [1.807, 2.05) is 30.3 Å². The van der Waals surface area contributed by atoms with Crippen LogP contribution in [0, 0.1) is 5.41 Å². The Labute approximate surface area is 234 Å². The first kappa shape index (κ1) is 27.9. The van der Waals surface area contributed by atoms with Crippen molar-refractivity contribution < 1.29 is 17.6 Å². The lowest BCUT2D eigenvalue weighted by atomic mass is 10.0. The topological polar surface area (TPSA) is 164 Å². The molecule has 0 saturated carbocycles. The summed E-state index contributed by atoms with van der Waals surface area (Å²) in [6.45, 7) is 0. The van der Waals surface area contributed by atoms with Gasteiger partial charge < -0.3 is 15.5 Å². The van der Waals surface area contributed by atoms with Crippen molar-refractivity contribution >= 4 is 61.4 Å². The molecular weight excluding hydrogens is 560 g/mol. The van der Waals surface area contributed by atoms with E-state index in [1.165, 1.54) is 35.7 Å². The quantitative estimate of drug-likeness (QED) is 0.147. The molecule has 3 aromatic carbocycles. The van der Waals surface area contributed by atoms with E-state index in [-0.39, 0.29) is 41.0 Å². The van der Waals surface area contributed by atoms with E-state index in [9.17, 15) is 13.2 Å². The molecule has 2 aromatic heterocycles. The Bertz CT molecular complexity index is 1710. The average Bonchev–Trinajstić information content (AvgIpc) is 3.59. The van der Waals surface area contributed by atoms with Gasteiger partial charge in [-0.25, -0.2) is 23.1 Å². The van der Waals surface area contributed by atoms with Crippen LogP contribution in [0.1, 0.15) is 32.7 Å². The van der Waals surface area contributed by atoms with E-state index in [2.05, 4.69) is 20.0 Å². The fraction of sp³-hybridized carbons (Fsp3) is 0.0769. The molecule has 0 radical (unpaired) electrons. The molecule has 1 amide bonds. The third-order valence-electron chi connectivity index (χ3n) is 5.64. The zero-order valence-corrected chi connectivity index (χ0v) is 22.6. The molecule has 10 nitrogen and oxygen atoms in total. The summed E-state index contributed by atoms with van der Waals surface area (Å²) in [6.07, 6.45) is 2.68. The molecule has 0 fully saturated rings. The van der Waals surface area contributed by atoms with Gasteiger partial charge in [-0.05, 0) is 48.4 Å². The van der Waals surface area contributed by atoms with Crippen molar-refractivity contribution in [1.82, 2.24) is 14.7 Å². The van der Waals surface area contributed by atoms with E-state index < -0.39 is 22.0 Å². The summed E-state index contributed by atoms with van der Waals surface area (Å²) < 4.78 is 35.8. The van der Waals surface area contributed by atoms with Gasteiger partial charge >= 0.3 is 0 Å². The predicted octanol–water partition coefficient (Wildman–Crippen LogP) is 4.50. The number of carbonyl (C=O) groups excluding carboxylic acids is 1. The number of hydrogen-bond acceptors (Lipinski definition) is 8. The summed E-state index contributed by atoms with van der Waals surface area (Å²) in [5.41, 5.74) is 8.04. The van der Waals surface area contributed by atoms with Gasteiger partial charge in [-0.15, -0.1) is 23.7 Å². The maximum atomic E-state index is 13.5. The van der Waals surface area contributed by atoms with Crippen molar-refractivity contribution in [2.45, 2.75) is 17.4 Å². The molecule has 0 saturated heterocycles. The van der Waals surface area contributed by atoms with Crippen LogP contribution in [-0.4, -0.2) is 30.1 Å². The second kappa shape index (κ2) is 11.7. The fourth-order valence-corrected chi connectivity index (χ4v) is 6.18. The maximum Gasteiger partial charge on any atom is 0.293 e. The number of halogens is 1. The SMILES string of the molecule is Cl.N=C(N)c1cccc(CC(NS(=O)(=O)c2cccc(NC(=O)c3cnco3)c2)c2nc3ccccc3s2)c1. The number of oxazole rings is 1. The van der Waals surface area contributed by atoms with Crippen LogP contribution >= 0.6 is 23.7 Å². The molecule has 0 bridgehead atoms. The highest BCUT2D eigenvalue weighted by molar-refractivity contribution is 7.89. The van der Waals surface area contributed by atoms with Gasteiger partial charge in [-0.2, -0.15) is 0 Å². The smallest absolute Gasteiger partial charge is 0.293 e. The summed E-state index contributed by atoms with van der Waals surface area (Å²) in [5, 5.41) is 10.9. The lowest BCUT2D eigenvalue weighted by Crippen LogP contribution is -2.30. The molecule has 1 atom stereocenters. The Kier molecular flexibility index (Phi) is 8.41. The highest BCUT2D eigenvalue weighted by Gasteiger charge is 2.25. The van der Waals surface area contributed by atoms with E-state index in [1.54, 1.807) is 24.3 Å². The number of nitrogens with two attached hydrogens (primary N) is 1. The van der Waals surface area contributed by atoms with Crippen LogP contribution in [0.4, 0.5) is 5.69 Å². The van der Waals surface area contributed by atoms with Crippen molar-refractivity contribution in [3.63, 3.8) is 0 Å². The van der Waals surface area contributed by atoms with E-state index >= 15 is 0 Å². The van der Waals surface area contributed by atoms with Gasteiger partial charge in [0.05, 0.1) is 27.4 Å². The van der Waals surface area contributed by atoms with Crippen molar-refractivity contribution in [3.05, 3.63) is 107 Å². The van der Waals surface area contributed by atoms with Gasteiger partial charge in [-0.1, -0.05) is 36.4 Å². The first-order valence-corrected chi connectivity index (χ1v) is 13.7. The third kappa shape index (κ3) is 6.49. The molecular formula is C26H23ClN6O4S2. The molecule has 1 unspecified atom stereocenters. The number of fused-ring (bicyclic) bond motifs is 1. The zero-order chi connectivity index (χ0) is 26.7. The Morgan fingerprint density at radius 3 is 2.62 bits per heavy atom. The number of para-hydroxylation sites is 1. The number of nitrogen functional groups attached to an aromatic ring is 1. The number of carbonyl (C=O) groups is 1. The Morgan fingerprint density at radius 2 is 1.87 bits per heavy atom. The van der Waals surface area contributed by atoms with Gasteiger partial charge in [0.1, 0.15) is 10.8 Å². The number of nitrogens with one attached hydrogen (secondary N) is 3. The van der Waals surface area contributed by atoms with Crippen LogP contribution in [-0.2, 0) is 16.4 Å². The normalized spacial score (nSPS) is 12.0. The van der Waals surface area contributed by atoms with Crippen LogP contribution < -0.4 is 15.8 Å². The second-order valence-electron chi connectivity index (χ2n) is 8.36. The first-order valence-electron chi connectivity index (χ1n) is 11.4. The molecule has 39 heavy (non-hydrogen) atoms. The number of thiazole rings is 1. The fourth-order valence-electron chi connectivity index (χ4n) is 3.84. The minimum absolute atomic E-state index is 0. The molecule has 5 rings (SSSR count). The number of rotatable bonds is 9. The first-order chi connectivity index (χ1) is 18.3. The predicted molar refractivity (Wildman–Crippen MR) is 152 cm³/mol. The number of hydrogen-bond donors (Lipinski definition) is 4. The van der Waals surface area contributed by atoms with Gasteiger partial charge in [0.15, 0.2) is 6.39 Å². The summed E-state index contributed by atoms with van der Waals surface area (Å²) >= 11 is 1.40. The molecule has 0 aliphatic rings. The second-order valence-corrected chi connectivity index (χ2v) is 11.1. The van der Waals surface area contributed by atoms with Crippen LogP contribution in [0.3, 0.4) is 0 Å². The lowest BCUT2D eigenvalue weighted by Gasteiger charge is -2.18. The molecule has 5 N–H and O–H groups in total. The number of amides is 1. The number of benzene rings is 3. The number of nitrogens with zero attached hydrogens (tertiary/aromatic N) is 2. The van der Waals surface area contributed by atoms with Gasteiger partial charge in [0, 0.05) is 11.3 Å². The molecule has 200 valence electrons. The number of sulfonamides is 1. The van der Waals surface area contributed by atoms with E-state index in [0.29, 0.717) is 10.6 Å². The highest BCUT2D eigenvalue weighted by Crippen LogP contribution is 2.30.